The van der Waals surface area contributed by atoms with Crippen LogP contribution in [0.2, 0.25) is 0 Å². The van der Waals surface area contributed by atoms with Crippen LogP contribution < -0.4 is 9.47 Å². The van der Waals surface area contributed by atoms with Crippen LogP contribution in [0.25, 0.3) is 43.8 Å². The maximum atomic E-state index is 15.2. The summed E-state index contributed by atoms with van der Waals surface area (Å²) >= 11 is 0. The van der Waals surface area contributed by atoms with Crippen molar-refractivity contribution < 1.29 is 18.3 Å². The molecule has 4 heteroatoms. The fraction of sp³-hybridized carbons (Fsp3) is 0.0714. The molecule has 0 aliphatic carbocycles. The van der Waals surface area contributed by atoms with E-state index < -0.39 is 11.6 Å². The number of benzene rings is 5. The molecule has 0 heterocycles. The van der Waals surface area contributed by atoms with Gasteiger partial charge in [-0.15, -0.1) is 0 Å². The second-order valence-electron chi connectivity index (χ2n) is 7.54. The van der Waals surface area contributed by atoms with Crippen molar-refractivity contribution in [2.24, 2.45) is 0 Å². The fourth-order valence-corrected chi connectivity index (χ4v) is 4.33. The van der Waals surface area contributed by atoms with Gasteiger partial charge in [0.2, 0.25) is 0 Å². The summed E-state index contributed by atoms with van der Waals surface area (Å²) in [5.41, 5.74) is 1.71. The van der Waals surface area contributed by atoms with Crippen molar-refractivity contribution in [3.05, 3.63) is 96.6 Å². The normalized spacial score (nSPS) is 11.1. The summed E-state index contributed by atoms with van der Waals surface area (Å²) in [6.07, 6.45) is 0. The lowest BCUT2D eigenvalue weighted by Gasteiger charge is -2.17. The van der Waals surface area contributed by atoms with E-state index in [0.717, 1.165) is 27.6 Å². The highest BCUT2D eigenvalue weighted by Gasteiger charge is 2.21. The van der Waals surface area contributed by atoms with Crippen LogP contribution >= 0.6 is 0 Å². The highest BCUT2D eigenvalue weighted by molar-refractivity contribution is 6.03. The number of rotatable bonds is 4. The Labute approximate surface area is 184 Å². The first-order chi connectivity index (χ1) is 15.6. The Balaban J connectivity index is 1.87. The van der Waals surface area contributed by atoms with Crippen LogP contribution in [0.1, 0.15) is 0 Å². The predicted octanol–water partition coefficient (Wildman–Crippen LogP) is 7.62. The first-order valence-electron chi connectivity index (χ1n) is 10.2. The lowest BCUT2D eigenvalue weighted by atomic mass is 9.91. The van der Waals surface area contributed by atoms with Crippen molar-refractivity contribution in [3.8, 4) is 33.8 Å². The molecule has 158 valence electrons. The van der Waals surface area contributed by atoms with Crippen LogP contribution in [0.3, 0.4) is 0 Å². The van der Waals surface area contributed by atoms with Gasteiger partial charge in [0.05, 0.1) is 14.2 Å². The molecule has 0 bridgehead atoms. The second kappa shape index (κ2) is 7.97. The average molecular weight is 426 g/mol. The summed E-state index contributed by atoms with van der Waals surface area (Å²) in [5, 5.41) is 3.54. The van der Waals surface area contributed by atoms with Crippen LogP contribution in [-0.4, -0.2) is 14.2 Å². The Hall–Kier alpha value is -3.92. The maximum absolute atomic E-state index is 15.2. The van der Waals surface area contributed by atoms with E-state index in [2.05, 4.69) is 0 Å². The summed E-state index contributed by atoms with van der Waals surface area (Å²) in [4.78, 5) is 0. The Morgan fingerprint density at radius 2 is 0.969 bits per heavy atom. The molecule has 0 unspecified atom stereocenters. The zero-order valence-electron chi connectivity index (χ0n) is 17.7. The minimum Gasteiger partial charge on any atom is -0.496 e. The molecule has 0 spiro atoms. The van der Waals surface area contributed by atoms with Crippen LogP contribution in [0.15, 0.2) is 84.9 Å². The number of halogens is 2. The van der Waals surface area contributed by atoms with E-state index in [0.29, 0.717) is 22.6 Å². The summed E-state index contributed by atoms with van der Waals surface area (Å²) < 4.78 is 41.6. The molecule has 32 heavy (non-hydrogen) atoms. The lowest BCUT2D eigenvalue weighted by Crippen LogP contribution is -1.97. The van der Waals surface area contributed by atoms with Gasteiger partial charge >= 0.3 is 0 Å². The van der Waals surface area contributed by atoms with Crippen LogP contribution in [0, 0.1) is 11.6 Å². The van der Waals surface area contributed by atoms with Gasteiger partial charge in [-0.1, -0.05) is 60.7 Å². The molecule has 5 aromatic rings. The molecule has 5 rings (SSSR count). The molecule has 0 amide bonds. The van der Waals surface area contributed by atoms with E-state index in [-0.39, 0.29) is 11.1 Å². The molecule has 0 aliphatic rings. The number of fused-ring (bicyclic) bond motifs is 2. The molecular weight excluding hydrogens is 406 g/mol. The average Bonchev–Trinajstić information content (AvgIpc) is 2.83. The predicted molar refractivity (Wildman–Crippen MR) is 125 cm³/mol. The first-order valence-corrected chi connectivity index (χ1v) is 10.2. The minimum atomic E-state index is -0.653. The molecule has 2 nitrogen and oxygen atoms in total. The first kappa shape index (κ1) is 20.0. The van der Waals surface area contributed by atoms with Gasteiger partial charge in [-0.3, -0.25) is 0 Å². The Morgan fingerprint density at radius 1 is 0.531 bits per heavy atom. The highest BCUT2D eigenvalue weighted by Crippen LogP contribution is 2.44. The van der Waals surface area contributed by atoms with Gasteiger partial charge in [-0.25, -0.2) is 8.78 Å². The molecule has 0 fully saturated rings. The third kappa shape index (κ3) is 3.16. The van der Waals surface area contributed by atoms with Crippen molar-refractivity contribution in [2.45, 2.75) is 0 Å². The van der Waals surface area contributed by atoms with E-state index in [1.54, 1.807) is 32.4 Å². The monoisotopic (exact) mass is 426 g/mol. The van der Waals surface area contributed by atoms with Gasteiger partial charge in [-0.05, 0) is 39.7 Å². The van der Waals surface area contributed by atoms with E-state index >= 15 is 8.78 Å². The molecular formula is C28H20F2O2. The van der Waals surface area contributed by atoms with Crippen LogP contribution in [0.5, 0.6) is 11.5 Å². The summed E-state index contributed by atoms with van der Waals surface area (Å²) in [7, 11) is 3.09. The zero-order valence-corrected chi connectivity index (χ0v) is 17.7. The molecule has 0 saturated heterocycles. The maximum Gasteiger partial charge on any atom is 0.134 e. The van der Waals surface area contributed by atoms with E-state index in [1.807, 2.05) is 60.7 Å². The van der Waals surface area contributed by atoms with Crippen molar-refractivity contribution in [1.29, 1.82) is 0 Å². The van der Waals surface area contributed by atoms with Crippen molar-refractivity contribution in [2.75, 3.05) is 14.2 Å². The lowest BCUT2D eigenvalue weighted by molar-refractivity contribution is 0.416. The summed E-state index contributed by atoms with van der Waals surface area (Å²) in [5.74, 6) is -0.268. The van der Waals surface area contributed by atoms with Crippen molar-refractivity contribution in [3.63, 3.8) is 0 Å². The van der Waals surface area contributed by atoms with Gasteiger partial charge in [0.1, 0.15) is 23.1 Å². The topological polar surface area (TPSA) is 18.5 Å². The SMILES string of the molecule is COc1ccc2ccccc2c1-c1cc(-c2c(OC)ccc3ccccc23)c(F)cc1F. The molecule has 0 saturated carbocycles. The largest absolute Gasteiger partial charge is 0.496 e. The van der Waals surface area contributed by atoms with Gasteiger partial charge in [-0.2, -0.15) is 0 Å². The quantitative estimate of drug-likeness (QED) is 0.294. The highest BCUT2D eigenvalue weighted by atomic mass is 19.1. The Bertz CT molecular complexity index is 1370. The molecule has 0 N–H and O–H groups in total. The number of methoxy groups -OCH3 is 2. The number of hydrogen-bond donors (Lipinski definition) is 0. The van der Waals surface area contributed by atoms with Gasteiger partial charge < -0.3 is 9.47 Å². The van der Waals surface area contributed by atoms with E-state index in [1.165, 1.54) is 0 Å². The van der Waals surface area contributed by atoms with Gasteiger partial charge in [0.15, 0.2) is 0 Å². The fourth-order valence-electron chi connectivity index (χ4n) is 4.33. The standard InChI is InChI=1S/C28H20F2O2/c1-31-25-13-11-17-7-3-5-9-19(17)27(25)21-15-22(24(30)16-23(21)29)28-20-10-6-4-8-18(20)12-14-26(28)32-2/h3-16H,1-2H3. The summed E-state index contributed by atoms with van der Waals surface area (Å²) in [6, 6.07) is 25.3. The molecule has 5 aromatic carbocycles. The van der Waals surface area contributed by atoms with Gasteiger partial charge in [0, 0.05) is 28.3 Å². The van der Waals surface area contributed by atoms with Gasteiger partial charge in [0.25, 0.3) is 0 Å². The minimum absolute atomic E-state index is 0.269. The van der Waals surface area contributed by atoms with Crippen molar-refractivity contribution >= 4 is 21.5 Å². The van der Waals surface area contributed by atoms with Crippen LogP contribution in [-0.2, 0) is 0 Å². The molecule has 0 aromatic heterocycles. The number of hydrogen-bond acceptors (Lipinski definition) is 2. The Morgan fingerprint density at radius 3 is 1.41 bits per heavy atom. The number of ether oxygens (including phenoxy) is 2. The molecule has 0 atom stereocenters. The molecule has 0 aliphatic heterocycles. The molecule has 0 radical (unpaired) electrons. The third-order valence-corrected chi connectivity index (χ3v) is 5.82. The Kier molecular flexibility index (Phi) is 4.98. The second-order valence-corrected chi connectivity index (χ2v) is 7.54. The zero-order chi connectivity index (χ0) is 22.2. The van der Waals surface area contributed by atoms with E-state index in [9.17, 15) is 0 Å². The van der Waals surface area contributed by atoms with E-state index in [4.69, 9.17) is 9.47 Å². The third-order valence-electron chi connectivity index (χ3n) is 5.82. The van der Waals surface area contributed by atoms with Crippen molar-refractivity contribution in [1.82, 2.24) is 0 Å². The summed E-state index contributed by atoms with van der Waals surface area (Å²) in [6.45, 7) is 0. The van der Waals surface area contributed by atoms with Crippen LogP contribution in [0.4, 0.5) is 8.78 Å². The smallest absolute Gasteiger partial charge is 0.134 e.